The van der Waals surface area contributed by atoms with E-state index in [2.05, 4.69) is 22.4 Å². The lowest BCUT2D eigenvalue weighted by Gasteiger charge is -2.17. The van der Waals surface area contributed by atoms with Crippen LogP contribution >= 0.6 is 0 Å². The van der Waals surface area contributed by atoms with Crippen LogP contribution in [0.2, 0.25) is 0 Å². The Balaban J connectivity index is 1.54. The van der Waals surface area contributed by atoms with Gasteiger partial charge in [0, 0.05) is 19.1 Å². The fourth-order valence-corrected chi connectivity index (χ4v) is 2.48. The van der Waals surface area contributed by atoms with Gasteiger partial charge in [-0.05, 0) is 38.8 Å². The SMILES string of the molecule is Cc1ccc(C(C)NCc2noc(C3CCOCC3)n2)o1. The minimum atomic E-state index is 0.115. The molecular formula is C15H21N3O3. The summed E-state index contributed by atoms with van der Waals surface area (Å²) in [5.74, 6) is 3.59. The van der Waals surface area contributed by atoms with Crippen molar-refractivity contribution >= 4 is 0 Å². The minimum Gasteiger partial charge on any atom is -0.465 e. The van der Waals surface area contributed by atoms with Crippen molar-refractivity contribution in [3.05, 3.63) is 35.4 Å². The number of ether oxygens (including phenoxy) is 1. The van der Waals surface area contributed by atoms with Crippen molar-refractivity contribution < 1.29 is 13.7 Å². The second kappa shape index (κ2) is 6.41. The fourth-order valence-electron chi connectivity index (χ4n) is 2.48. The molecule has 0 aromatic carbocycles. The van der Waals surface area contributed by atoms with Crippen molar-refractivity contribution in [2.75, 3.05) is 13.2 Å². The summed E-state index contributed by atoms with van der Waals surface area (Å²) in [6.07, 6.45) is 1.91. The maximum Gasteiger partial charge on any atom is 0.229 e. The Kier molecular flexibility index (Phi) is 4.36. The van der Waals surface area contributed by atoms with E-state index in [0.717, 1.165) is 43.5 Å². The zero-order valence-electron chi connectivity index (χ0n) is 12.5. The summed E-state index contributed by atoms with van der Waals surface area (Å²) in [4.78, 5) is 4.48. The van der Waals surface area contributed by atoms with Crippen molar-refractivity contribution in [1.29, 1.82) is 0 Å². The van der Waals surface area contributed by atoms with Gasteiger partial charge in [0.05, 0.1) is 12.6 Å². The third kappa shape index (κ3) is 3.51. The topological polar surface area (TPSA) is 73.3 Å². The maximum absolute atomic E-state index is 5.59. The van der Waals surface area contributed by atoms with Crippen molar-refractivity contribution in [2.45, 2.75) is 45.2 Å². The molecule has 1 atom stereocenters. The van der Waals surface area contributed by atoms with Crippen LogP contribution in [0.5, 0.6) is 0 Å². The van der Waals surface area contributed by atoms with Crippen LogP contribution in [0.1, 0.15) is 55.0 Å². The maximum atomic E-state index is 5.59. The summed E-state index contributed by atoms with van der Waals surface area (Å²) in [6, 6.07) is 4.06. The highest BCUT2D eigenvalue weighted by Crippen LogP contribution is 2.25. The summed E-state index contributed by atoms with van der Waals surface area (Å²) in [5.41, 5.74) is 0. The van der Waals surface area contributed by atoms with Crippen molar-refractivity contribution in [3.63, 3.8) is 0 Å². The Bertz CT molecular complexity index is 572. The quantitative estimate of drug-likeness (QED) is 0.913. The summed E-state index contributed by atoms with van der Waals surface area (Å²) < 4.78 is 16.3. The van der Waals surface area contributed by atoms with Gasteiger partial charge < -0.3 is 19.0 Å². The Morgan fingerprint density at radius 1 is 1.33 bits per heavy atom. The van der Waals surface area contributed by atoms with Gasteiger partial charge in [-0.1, -0.05) is 5.16 Å². The molecule has 1 aliphatic heterocycles. The van der Waals surface area contributed by atoms with Gasteiger partial charge in [0.15, 0.2) is 5.82 Å². The smallest absolute Gasteiger partial charge is 0.229 e. The van der Waals surface area contributed by atoms with E-state index < -0.39 is 0 Å². The van der Waals surface area contributed by atoms with Gasteiger partial charge in [0.25, 0.3) is 0 Å². The molecule has 1 unspecified atom stereocenters. The molecule has 1 saturated heterocycles. The van der Waals surface area contributed by atoms with Crippen LogP contribution in [0.25, 0.3) is 0 Å². The Morgan fingerprint density at radius 2 is 2.14 bits per heavy atom. The monoisotopic (exact) mass is 291 g/mol. The number of hydrogen-bond acceptors (Lipinski definition) is 6. The van der Waals surface area contributed by atoms with Crippen LogP contribution in [0.4, 0.5) is 0 Å². The zero-order valence-corrected chi connectivity index (χ0v) is 12.5. The fraction of sp³-hybridized carbons (Fsp3) is 0.600. The number of nitrogens with one attached hydrogen (secondary N) is 1. The van der Waals surface area contributed by atoms with Gasteiger partial charge in [-0.15, -0.1) is 0 Å². The zero-order chi connectivity index (χ0) is 14.7. The molecular weight excluding hydrogens is 270 g/mol. The summed E-state index contributed by atoms with van der Waals surface area (Å²) in [5, 5.41) is 7.38. The Morgan fingerprint density at radius 3 is 2.86 bits per heavy atom. The van der Waals surface area contributed by atoms with E-state index in [4.69, 9.17) is 13.7 Å². The molecule has 2 aromatic heterocycles. The lowest BCUT2D eigenvalue weighted by molar-refractivity contribution is 0.0778. The third-order valence-electron chi connectivity index (χ3n) is 3.81. The average Bonchev–Trinajstić information content (AvgIpc) is 3.15. The van der Waals surface area contributed by atoms with Gasteiger partial charge in [-0.3, -0.25) is 0 Å². The molecule has 0 bridgehead atoms. The number of furan rings is 1. The molecule has 1 fully saturated rings. The highest BCUT2D eigenvalue weighted by molar-refractivity contribution is 5.09. The molecule has 0 spiro atoms. The van der Waals surface area contributed by atoms with Crippen molar-refractivity contribution in [1.82, 2.24) is 15.5 Å². The molecule has 2 aromatic rings. The van der Waals surface area contributed by atoms with E-state index in [1.54, 1.807) is 0 Å². The lowest BCUT2D eigenvalue weighted by atomic mass is 10.0. The second-order valence-electron chi connectivity index (χ2n) is 5.49. The highest BCUT2D eigenvalue weighted by Gasteiger charge is 2.22. The van der Waals surface area contributed by atoms with Crippen LogP contribution in [0, 0.1) is 6.92 Å². The Labute approximate surface area is 123 Å². The summed E-state index contributed by atoms with van der Waals surface area (Å²) in [7, 11) is 0. The highest BCUT2D eigenvalue weighted by atomic mass is 16.5. The molecule has 0 amide bonds. The largest absolute Gasteiger partial charge is 0.465 e. The van der Waals surface area contributed by atoms with Gasteiger partial charge in [0.1, 0.15) is 11.5 Å². The summed E-state index contributed by atoms with van der Waals surface area (Å²) in [6.45, 7) is 6.10. The predicted octanol–water partition coefficient (Wildman–Crippen LogP) is 2.72. The third-order valence-corrected chi connectivity index (χ3v) is 3.81. The molecule has 0 aliphatic carbocycles. The molecule has 6 heteroatoms. The van der Waals surface area contributed by atoms with E-state index in [-0.39, 0.29) is 6.04 Å². The number of nitrogens with zero attached hydrogens (tertiary/aromatic N) is 2. The molecule has 6 nitrogen and oxygen atoms in total. The predicted molar refractivity (Wildman–Crippen MR) is 75.8 cm³/mol. The number of rotatable bonds is 5. The lowest BCUT2D eigenvalue weighted by Crippen LogP contribution is -2.18. The van der Waals surface area contributed by atoms with Crippen LogP contribution in [0.3, 0.4) is 0 Å². The van der Waals surface area contributed by atoms with Crippen LogP contribution in [-0.2, 0) is 11.3 Å². The van der Waals surface area contributed by atoms with E-state index >= 15 is 0 Å². The normalized spacial score (nSPS) is 18.0. The van der Waals surface area contributed by atoms with E-state index in [1.165, 1.54) is 0 Å². The standard InChI is InChI=1S/C15H21N3O3/c1-10-3-4-13(20-10)11(2)16-9-14-17-15(21-18-14)12-5-7-19-8-6-12/h3-4,11-12,16H,5-9H2,1-2H3. The van der Waals surface area contributed by atoms with Crippen LogP contribution in [0.15, 0.2) is 21.1 Å². The summed E-state index contributed by atoms with van der Waals surface area (Å²) >= 11 is 0. The van der Waals surface area contributed by atoms with E-state index in [1.807, 2.05) is 19.1 Å². The van der Waals surface area contributed by atoms with E-state index in [0.29, 0.717) is 18.3 Å². The second-order valence-corrected chi connectivity index (χ2v) is 5.49. The Hall–Kier alpha value is -1.66. The first-order chi connectivity index (χ1) is 10.2. The van der Waals surface area contributed by atoms with Crippen molar-refractivity contribution in [2.24, 2.45) is 0 Å². The molecule has 3 heterocycles. The van der Waals surface area contributed by atoms with Gasteiger partial charge >= 0.3 is 0 Å². The molecule has 1 aliphatic rings. The molecule has 21 heavy (non-hydrogen) atoms. The van der Waals surface area contributed by atoms with Gasteiger partial charge in [-0.25, -0.2) is 0 Å². The van der Waals surface area contributed by atoms with Gasteiger partial charge in [0.2, 0.25) is 5.89 Å². The number of aryl methyl sites for hydroxylation is 1. The first-order valence-corrected chi connectivity index (χ1v) is 7.42. The number of aromatic nitrogens is 2. The minimum absolute atomic E-state index is 0.115. The van der Waals surface area contributed by atoms with E-state index in [9.17, 15) is 0 Å². The van der Waals surface area contributed by atoms with Crippen LogP contribution < -0.4 is 5.32 Å². The number of hydrogen-bond donors (Lipinski definition) is 1. The van der Waals surface area contributed by atoms with Gasteiger partial charge in [-0.2, -0.15) is 4.98 Å². The molecule has 114 valence electrons. The van der Waals surface area contributed by atoms with Crippen molar-refractivity contribution in [3.8, 4) is 0 Å². The molecule has 0 saturated carbocycles. The molecule has 3 rings (SSSR count). The molecule has 1 N–H and O–H groups in total. The van der Waals surface area contributed by atoms with Crippen LogP contribution in [-0.4, -0.2) is 23.4 Å². The average molecular weight is 291 g/mol. The molecule has 0 radical (unpaired) electrons. The first kappa shape index (κ1) is 14.3. The first-order valence-electron chi connectivity index (χ1n) is 7.42.